The second-order valence-corrected chi connectivity index (χ2v) is 7.21. The van der Waals surface area contributed by atoms with Crippen molar-refractivity contribution in [3.8, 4) is 0 Å². The predicted molar refractivity (Wildman–Crippen MR) is 69.7 cm³/mol. The van der Waals surface area contributed by atoms with Gasteiger partial charge in [-0.1, -0.05) is 17.7 Å². The molecule has 1 aromatic rings. The lowest BCUT2D eigenvalue weighted by Crippen LogP contribution is -2.37. The van der Waals surface area contributed by atoms with Gasteiger partial charge >= 0.3 is 0 Å². The molecule has 1 N–H and O–H groups in total. The summed E-state index contributed by atoms with van der Waals surface area (Å²) in [6.45, 7) is 2.38. The van der Waals surface area contributed by atoms with Crippen molar-refractivity contribution >= 4 is 9.84 Å². The molecule has 1 aromatic carbocycles. The number of aryl methyl sites for hydroxylation is 1. The van der Waals surface area contributed by atoms with E-state index in [0.717, 1.165) is 5.56 Å². The van der Waals surface area contributed by atoms with Crippen molar-refractivity contribution in [3.63, 3.8) is 0 Å². The van der Waals surface area contributed by atoms with Crippen LogP contribution in [0.5, 0.6) is 0 Å². The molecule has 2 rings (SSSR count). The van der Waals surface area contributed by atoms with Crippen molar-refractivity contribution in [1.29, 1.82) is 0 Å². The first-order valence-corrected chi connectivity index (χ1v) is 7.97. The van der Waals surface area contributed by atoms with Crippen molar-refractivity contribution in [2.24, 2.45) is 0 Å². The van der Waals surface area contributed by atoms with E-state index in [9.17, 15) is 12.8 Å². The third kappa shape index (κ3) is 3.53. The molecule has 18 heavy (non-hydrogen) atoms. The highest BCUT2D eigenvalue weighted by Crippen LogP contribution is 2.14. The van der Waals surface area contributed by atoms with Gasteiger partial charge in [0.2, 0.25) is 0 Å². The van der Waals surface area contributed by atoms with Gasteiger partial charge in [-0.25, -0.2) is 12.8 Å². The van der Waals surface area contributed by atoms with Gasteiger partial charge in [-0.15, -0.1) is 0 Å². The molecular formula is C13H18FNO2S. The van der Waals surface area contributed by atoms with E-state index in [-0.39, 0.29) is 23.4 Å². The molecule has 0 atom stereocenters. The summed E-state index contributed by atoms with van der Waals surface area (Å²) in [5.41, 5.74) is 1.67. The van der Waals surface area contributed by atoms with E-state index < -0.39 is 9.84 Å². The topological polar surface area (TPSA) is 46.2 Å². The monoisotopic (exact) mass is 271 g/mol. The number of hydrogen-bond donors (Lipinski definition) is 1. The highest BCUT2D eigenvalue weighted by Gasteiger charge is 2.23. The molecule has 1 fully saturated rings. The molecule has 0 aromatic heterocycles. The highest BCUT2D eigenvalue weighted by atomic mass is 32.2. The molecule has 1 aliphatic heterocycles. The van der Waals surface area contributed by atoms with E-state index in [1.165, 1.54) is 6.07 Å². The lowest BCUT2D eigenvalue weighted by atomic mass is 10.1. The van der Waals surface area contributed by atoms with Crippen LogP contribution in [0.15, 0.2) is 18.2 Å². The number of sulfone groups is 1. The summed E-state index contributed by atoms with van der Waals surface area (Å²) < 4.78 is 36.1. The van der Waals surface area contributed by atoms with Crippen molar-refractivity contribution in [3.05, 3.63) is 35.1 Å². The van der Waals surface area contributed by atoms with Gasteiger partial charge in [0.15, 0.2) is 0 Å². The molecule has 100 valence electrons. The van der Waals surface area contributed by atoms with E-state index in [4.69, 9.17) is 0 Å². The Morgan fingerprint density at radius 1 is 1.33 bits per heavy atom. The van der Waals surface area contributed by atoms with E-state index >= 15 is 0 Å². The van der Waals surface area contributed by atoms with Gasteiger partial charge in [0.1, 0.15) is 15.7 Å². The Morgan fingerprint density at radius 2 is 2.00 bits per heavy atom. The number of rotatable bonds is 3. The maximum absolute atomic E-state index is 13.5. The predicted octanol–water partition coefficient (Wildman–Crippen LogP) is 1.80. The normalized spacial score (nSPS) is 19.9. The SMILES string of the molecule is Cc1ccc(F)c(CNC2CCS(=O)(=O)CC2)c1. The summed E-state index contributed by atoms with van der Waals surface area (Å²) in [5, 5.41) is 3.24. The third-order valence-electron chi connectivity index (χ3n) is 3.34. The van der Waals surface area contributed by atoms with Crippen LogP contribution < -0.4 is 5.32 Å². The largest absolute Gasteiger partial charge is 0.310 e. The van der Waals surface area contributed by atoms with Crippen LogP contribution in [0.4, 0.5) is 4.39 Å². The fourth-order valence-electron chi connectivity index (χ4n) is 2.19. The van der Waals surface area contributed by atoms with Gasteiger partial charge in [-0.2, -0.15) is 0 Å². The summed E-state index contributed by atoms with van der Waals surface area (Å²) in [6, 6.07) is 5.21. The molecule has 0 unspecified atom stereocenters. The van der Waals surface area contributed by atoms with Crippen LogP contribution in [0.2, 0.25) is 0 Å². The Balaban J connectivity index is 1.90. The number of benzene rings is 1. The minimum atomic E-state index is -2.83. The second-order valence-electron chi connectivity index (χ2n) is 4.90. The highest BCUT2D eigenvalue weighted by molar-refractivity contribution is 7.91. The van der Waals surface area contributed by atoms with Gasteiger partial charge in [0.25, 0.3) is 0 Å². The molecule has 0 aliphatic carbocycles. The molecule has 3 nitrogen and oxygen atoms in total. The Morgan fingerprint density at radius 3 is 2.67 bits per heavy atom. The molecule has 0 saturated carbocycles. The number of nitrogens with one attached hydrogen (secondary N) is 1. The summed E-state index contributed by atoms with van der Waals surface area (Å²) in [4.78, 5) is 0. The van der Waals surface area contributed by atoms with E-state index in [1.54, 1.807) is 6.07 Å². The van der Waals surface area contributed by atoms with Gasteiger partial charge < -0.3 is 5.32 Å². The first-order chi connectivity index (χ1) is 8.46. The number of hydrogen-bond acceptors (Lipinski definition) is 3. The van der Waals surface area contributed by atoms with Gasteiger partial charge in [0.05, 0.1) is 11.5 Å². The molecule has 0 spiro atoms. The van der Waals surface area contributed by atoms with E-state index in [1.807, 2.05) is 13.0 Å². The molecule has 1 heterocycles. The quantitative estimate of drug-likeness (QED) is 0.912. The molecular weight excluding hydrogens is 253 g/mol. The lowest BCUT2D eigenvalue weighted by molar-refractivity contribution is 0.456. The molecule has 0 radical (unpaired) electrons. The minimum absolute atomic E-state index is 0.174. The smallest absolute Gasteiger partial charge is 0.150 e. The van der Waals surface area contributed by atoms with Crippen LogP contribution >= 0.6 is 0 Å². The van der Waals surface area contributed by atoms with Crippen LogP contribution in [0.25, 0.3) is 0 Å². The van der Waals surface area contributed by atoms with Gasteiger partial charge in [0, 0.05) is 18.2 Å². The minimum Gasteiger partial charge on any atom is -0.310 e. The van der Waals surface area contributed by atoms with Crippen LogP contribution in [0, 0.1) is 12.7 Å². The van der Waals surface area contributed by atoms with Crippen molar-refractivity contribution in [2.45, 2.75) is 32.4 Å². The lowest BCUT2D eigenvalue weighted by Gasteiger charge is -2.23. The maximum Gasteiger partial charge on any atom is 0.150 e. The van der Waals surface area contributed by atoms with Crippen LogP contribution in [0.1, 0.15) is 24.0 Å². The van der Waals surface area contributed by atoms with E-state index in [0.29, 0.717) is 24.9 Å². The van der Waals surface area contributed by atoms with Crippen LogP contribution in [-0.4, -0.2) is 26.0 Å². The Hall–Kier alpha value is -0.940. The molecule has 1 saturated heterocycles. The zero-order chi connectivity index (χ0) is 13.2. The average Bonchev–Trinajstić information content (AvgIpc) is 2.32. The zero-order valence-corrected chi connectivity index (χ0v) is 11.3. The molecule has 0 amide bonds. The van der Waals surface area contributed by atoms with E-state index in [2.05, 4.69) is 5.32 Å². The Labute approximate surface area is 107 Å². The molecule has 1 aliphatic rings. The van der Waals surface area contributed by atoms with Crippen LogP contribution in [0.3, 0.4) is 0 Å². The first-order valence-electron chi connectivity index (χ1n) is 6.15. The van der Waals surface area contributed by atoms with Gasteiger partial charge in [-0.3, -0.25) is 0 Å². The average molecular weight is 271 g/mol. The zero-order valence-electron chi connectivity index (χ0n) is 10.4. The third-order valence-corrected chi connectivity index (χ3v) is 5.05. The van der Waals surface area contributed by atoms with Crippen molar-refractivity contribution < 1.29 is 12.8 Å². The van der Waals surface area contributed by atoms with Crippen LogP contribution in [-0.2, 0) is 16.4 Å². The van der Waals surface area contributed by atoms with Gasteiger partial charge in [-0.05, 0) is 25.8 Å². The maximum atomic E-state index is 13.5. The fraction of sp³-hybridized carbons (Fsp3) is 0.538. The van der Waals surface area contributed by atoms with Crippen molar-refractivity contribution in [1.82, 2.24) is 5.32 Å². The van der Waals surface area contributed by atoms with Crippen molar-refractivity contribution in [2.75, 3.05) is 11.5 Å². The standard InChI is InChI=1S/C13H18FNO2S/c1-10-2-3-13(14)11(8-10)9-15-12-4-6-18(16,17)7-5-12/h2-3,8,12,15H,4-7,9H2,1H3. The second kappa shape index (κ2) is 5.36. The Kier molecular flexibility index (Phi) is 4.02. The summed E-state index contributed by atoms with van der Waals surface area (Å²) in [5.74, 6) is 0.263. The summed E-state index contributed by atoms with van der Waals surface area (Å²) in [6.07, 6.45) is 1.24. The summed E-state index contributed by atoms with van der Waals surface area (Å²) >= 11 is 0. The Bertz CT molecular complexity index is 514. The molecule has 0 bridgehead atoms. The fourth-order valence-corrected chi connectivity index (χ4v) is 3.68. The first kappa shape index (κ1) is 13.5. The summed E-state index contributed by atoms with van der Waals surface area (Å²) in [7, 11) is -2.83. The number of halogens is 1. The molecule has 5 heteroatoms.